The van der Waals surface area contributed by atoms with Crippen LogP contribution in [0, 0.1) is 10.1 Å². The molecule has 4 nitrogen and oxygen atoms in total. The molecule has 15 heavy (non-hydrogen) atoms. The third kappa shape index (κ3) is 1.87. The average molecular weight is 332 g/mol. The van der Waals surface area contributed by atoms with Gasteiger partial charge in [0.15, 0.2) is 0 Å². The Morgan fingerprint density at radius 2 is 2.07 bits per heavy atom. The van der Waals surface area contributed by atoms with Crippen LogP contribution in [0.15, 0.2) is 33.3 Å². The van der Waals surface area contributed by atoms with Gasteiger partial charge in [0.05, 0.1) is 10.4 Å². The SMILES string of the molecule is O=[N+]([O-])c1cnc2cc(Br)ccc2c1Br. The highest BCUT2D eigenvalue weighted by Crippen LogP contribution is 2.32. The number of rotatable bonds is 1. The fourth-order valence-electron chi connectivity index (χ4n) is 1.25. The summed E-state index contributed by atoms with van der Waals surface area (Å²) in [6, 6.07) is 5.41. The molecule has 6 heteroatoms. The zero-order chi connectivity index (χ0) is 11.0. The molecule has 0 atom stereocenters. The minimum absolute atomic E-state index is 0.0233. The molecule has 76 valence electrons. The predicted octanol–water partition coefficient (Wildman–Crippen LogP) is 3.67. The molecule has 2 rings (SSSR count). The van der Waals surface area contributed by atoms with Crippen molar-refractivity contribution in [2.45, 2.75) is 0 Å². The fourth-order valence-corrected chi connectivity index (χ4v) is 2.18. The number of nitrogens with zero attached hydrogens (tertiary/aromatic N) is 2. The van der Waals surface area contributed by atoms with Gasteiger partial charge < -0.3 is 0 Å². The van der Waals surface area contributed by atoms with Gasteiger partial charge >= 0.3 is 5.69 Å². The summed E-state index contributed by atoms with van der Waals surface area (Å²) in [5, 5.41) is 11.4. The van der Waals surface area contributed by atoms with Crippen LogP contribution in [0.1, 0.15) is 0 Å². The van der Waals surface area contributed by atoms with Crippen molar-refractivity contribution in [3.8, 4) is 0 Å². The van der Waals surface area contributed by atoms with E-state index in [0.717, 1.165) is 9.86 Å². The van der Waals surface area contributed by atoms with Gasteiger partial charge in [0.25, 0.3) is 0 Å². The molecule has 0 saturated heterocycles. The van der Waals surface area contributed by atoms with Crippen molar-refractivity contribution in [1.29, 1.82) is 0 Å². The van der Waals surface area contributed by atoms with Crippen LogP contribution < -0.4 is 0 Å². The second kappa shape index (κ2) is 3.86. The molecule has 1 aromatic carbocycles. The Labute approximate surface area is 102 Å². The predicted molar refractivity (Wildman–Crippen MR) is 63.8 cm³/mol. The maximum atomic E-state index is 10.7. The number of nitro groups is 1. The second-order valence-corrected chi connectivity index (χ2v) is 4.58. The van der Waals surface area contributed by atoms with E-state index >= 15 is 0 Å². The van der Waals surface area contributed by atoms with Crippen molar-refractivity contribution in [2.75, 3.05) is 0 Å². The lowest BCUT2D eigenvalue weighted by Gasteiger charge is -2.01. The number of hydrogen-bond donors (Lipinski definition) is 0. The third-order valence-corrected chi connectivity index (χ3v) is 3.27. The lowest BCUT2D eigenvalue weighted by Crippen LogP contribution is -1.91. The van der Waals surface area contributed by atoms with E-state index < -0.39 is 4.92 Å². The standard InChI is InChI=1S/C9H4Br2N2O2/c10-5-1-2-6-7(3-5)12-4-8(9(6)11)13(14)15/h1-4H. The van der Waals surface area contributed by atoms with Crippen LogP contribution in [-0.4, -0.2) is 9.91 Å². The molecule has 0 saturated carbocycles. The van der Waals surface area contributed by atoms with E-state index in [1.807, 2.05) is 12.1 Å². The Bertz CT molecular complexity index is 557. The molecule has 0 bridgehead atoms. The molecule has 0 unspecified atom stereocenters. The summed E-state index contributed by atoms with van der Waals surface area (Å²) in [5.74, 6) is 0. The third-order valence-electron chi connectivity index (χ3n) is 1.94. The van der Waals surface area contributed by atoms with Crippen LogP contribution in [0.4, 0.5) is 5.69 Å². The van der Waals surface area contributed by atoms with Crippen LogP contribution in [0.2, 0.25) is 0 Å². The monoisotopic (exact) mass is 330 g/mol. The van der Waals surface area contributed by atoms with Gasteiger partial charge in [-0.1, -0.05) is 22.0 Å². The molecule has 0 fully saturated rings. The quantitative estimate of drug-likeness (QED) is 0.591. The van der Waals surface area contributed by atoms with E-state index in [1.165, 1.54) is 6.20 Å². The molecule has 0 amide bonds. The zero-order valence-corrected chi connectivity index (χ0v) is 10.4. The van der Waals surface area contributed by atoms with Gasteiger partial charge in [-0.3, -0.25) is 10.1 Å². The summed E-state index contributed by atoms with van der Waals surface area (Å²) in [5.41, 5.74) is 0.687. The minimum Gasteiger partial charge on any atom is -0.258 e. The van der Waals surface area contributed by atoms with E-state index in [4.69, 9.17) is 0 Å². The Morgan fingerprint density at radius 1 is 1.33 bits per heavy atom. The Hall–Kier alpha value is -1.01. The Kier molecular flexibility index (Phi) is 2.70. The van der Waals surface area contributed by atoms with Crippen LogP contribution in [0.5, 0.6) is 0 Å². The Morgan fingerprint density at radius 3 is 2.73 bits per heavy atom. The van der Waals surface area contributed by atoms with Crippen molar-refractivity contribution in [1.82, 2.24) is 4.98 Å². The molecule has 1 heterocycles. The summed E-state index contributed by atoms with van der Waals surface area (Å²) >= 11 is 6.53. The van der Waals surface area contributed by atoms with Crippen LogP contribution >= 0.6 is 31.9 Å². The highest BCUT2D eigenvalue weighted by atomic mass is 79.9. The molecule has 0 aliphatic carbocycles. The van der Waals surface area contributed by atoms with Gasteiger partial charge in [-0.15, -0.1) is 0 Å². The molecule has 2 aromatic rings. The first-order chi connectivity index (χ1) is 7.09. The van der Waals surface area contributed by atoms with Crippen molar-refractivity contribution >= 4 is 48.5 Å². The number of halogens is 2. The second-order valence-electron chi connectivity index (χ2n) is 2.88. The van der Waals surface area contributed by atoms with Gasteiger partial charge in [-0.05, 0) is 28.1 Å². The molecule has 0 N–H and O–H groups in total. The highest BCUT2D eigenvalue weighted by molar-refractivity contribution is 9.11. The normalized spacial score (nSPS) is 10.5. The topological polar surface area (TPSA) is 56.0 Å². The summed E-state index contributed by atoms with van der Waals surface area (Å²) in [6.45, 7) is 0. The zero-order valence-electron chi connectivity index (χ0n) is 7.28. The molecule has 1 aromatic heterocycles. The molecule has 0 aliphatic heterocycles. The highest BCUT2D eigenvalue weighted by Gasteiger charge is 2.15. The summed E-state index contributed by atoms with van der Waals surface area (Å²) in [6.07, 6.45) is 1.25. The van der Waals surface area contributed by atoms with Crippen LogP contribution in [-0.2, 0) is 0 Å². The first-order valence-electron chi connectivity index (χ1n) is 3.98. The number of benzene rings is 1. The van der Waals surface area contributed by atoms with Gasteiger partial charge in [-0.2, -0.15) is 0 Å². The van der Waals surface area contributed by atoms with Gasteiger partial charge in [0.1, 0.15) is 10.7 Å². The van der Waals surface area contributed by atoms with E-state index in [1.54, 1.807) is 6.07 Å². The first kappa shape index (κ1) is 10.5. The van der Waals surface area contributed by atoms with E-state index in [0.29, 0.717) is 9.99 Å². The van der Waals surface area contributed by atoms with Crippen LogP contribution in [0.25, 0.3) is 10.9 Å². The number of aromatic nitrogens is 1. The average Bonchev–Trinajstić information content (AvgIpc) is 2.17. The Balaban J connectivity index is 2.80. The van der Waals surface area contributed by atoms with Gasteiger partial charge in [0.2, 0.25) is 0 Å². The maximum absolute atomic E-state index is 10.7. The molecular weight excluding hydrogens is 328 g/mol. The lowest BCUT2D eigenvalue weighted by molar-refractivity contribution is -0.385. The fraction of sp³-hybridized carbons (Fsp3) is 0. The van der Waals surface area contributed by atoms with Gasteiger partial charge in [-0.25, -0.2) is 4.98 Å². The van der Waals surface area contributed by atoms with Crippen molar-refractivity contribution < 1.29 is 4.92 Å². The number of hydrogen-bond acceptors (Lipinski definition) is 3. The first-order valence-corrected chi connectivity index (χ1v) is 5.56. The summed E-state index contributed by atoms with van der Waals surface area (Å²) in [7, 11) is 0. The summed E-state index contributed by atoms with van der Waals surface area (Å²) < 4.78 is 1.35. The molecule has 0 spiro atoms. The maximum Gasteiger partial charge on any atom is 0.302 e. The van der Waals surface area contributed by atoms with E-state index in [9.17, 15) is 10.1 Å². The number of pyridine rings is 1. The van der Waals surface area contributed by atoms with Crippen molar-refractivity contribution in [3.05, 3.63) is 43.5 Å². The van der Waals surface area contributed by atoms with Crippen LogP contribution in [0.3, 0.4) is 0 Å². The van der Waals surface area contributed by atoms with Gasteiger partial charge in [0, 0.05) is 9.86 Å². The van der Waals surface area contributed by atoms with Crippen molar-refractivity contribution in [2.24, 2.45) is 0 Å². The van der Waals surface area contributed by atoms with Crippen molar-refractivity contribution in [3.63, 3.8) is 0 Å². The largest absolute Gasteiger partial charge is 0.302 e. The van der Waals surface area contributed by atoms with E-state index in [-0.39, 0.29) is 5.69 Å². The van der Waals surface area contributed by atoms with E-state index in [2.05, 4.69) is 36.8 Å². The minimum atomic E-state index is -0.460. The smallest absolute Gasteiger partial charge is 0.258 e. The summed E-state index contributed by atoms with van der Waals surface area (Å²) in [4.78, 5) is 14.2. The molecule has 0 radical (unpaired) electrons. The lowest BCUT2D eigenvalue weighted by atomic mass is 10.2. The molecule has 0 aliphatic rings. The number of fused-ring (bicyclic) bond motifs is 1. The molecular formula is C9H4Br2N2O2.